The first-order valence-corrected chi connectivity index (χ1v) is 11.0. The molecule has 1 aromatic heterocycles. The molecule has 0 radical (unpaired) electrons. The summed E-state index contributed by atoms with van der Waals surface area (Å²) in [5, 5.41) is 11.9. The molecule has 1 heterocycles. The number of aromatic amines is 1. The number of rotatable bonds is 8. The van der Waals surface area contributed by atoms with Crippen LogP contribution < -0.4 is 15.6 Å². The van der Waals surface area contributed by atoms with E-state index in [2.05, 4.69) is 15.3 Å². The van der Waals surface area contributed by atoms with Gasteiger partial charge in [-0.3, -0.25) is 14.4 Å². The van der Waals surface area contributed by atoms with Crippen molar-refractivity contribution >= 4 is 29.1 Å². The Kier molecular flexibility index (Phi) is 7.64. The van der Waals surface area contributed by atoms with Crippen molar-refractivity contribution in [3.63, 3.8) is 0 Å². The molecule has 1 amide bonds. The maximum atomic E-state index is 12.9. The zero-order valence-corrected chi connectivity index (χ0v) is 19.2. The van der Waals surface area contributed by atoms with Gasteiger partial charge < -0.3 is 15.0 Å². The summed E-state index contributed by atoms with van der Waals surface area (Å²) in [7, 11) is 1.52. The predicted molar refractivity (Wildman–Crippen MR) is 127 cm³/mol. The molecular formula is C24H22N4O4S. The zero-order valence-electron chi connectivity index (χ0n) is 18.3. The van der Waals surface area contributed by atoms with Crippen LogP contribution >= 0.6 is 11.8 Å². The molecule has 2 aromatic carbocycles. The average Bonchev–Trinajstić information content (AvgIpc) is 2.82. The van der Waals surface area contributed by atoms with Gasteiger partial charge in [0.2, 0.25) is 5.91 Å². The molecule has 0 aliphatic carbocycles. The Balaban J connectivity index is 1.89. The number of benzene rings is 2. The van der Waals surface area contributed by atoms with Crippen LogP contribution in [-0.4, -0.2) is 34.0 Å². The molecule has 33 heavy (non-hydrogen) atoms. The fourth-order valence-electron chi connectivity index (χ4n) is 3.09. The van der Waals surface area contributed by atoms with Crippen LogP contribution in [0.4, 0.5) is 5.69 Å². The number of ether oxygens (including phenoxy) is 1. The second-order valence-electron chi connectivity index (χ2n) is 7.08. The minimum absolute atomic E-state index is 0.100. The van der Waals surface area contributed by atoms with Gasteiger partial charge in [0, 0.05) is 16.8 Å². The van der Waals surface area contributed by atoms with Crippen LogP contribution in [0.15, 0.2) is 58.5 Å². The third kappa shape index (κ3) is 5.67. The molecule has 0 spiro atoms. The SMILES string of the molecule is CC[C@H](Sc1nc(-c2cccc(OC)c2)c(C#N)c(=O)[nH]1)C(=O)Nc1cccc(C(C)=O)c1. The van der Waals surface area contributed by atoms with Crippen LogP contribution in [0.25, 0.3) is 11.3 Å². The molecule has 9 heteroatoms. The number of nitrogens with one attached hydrogen (secondary N) is 2. The second-order valence-corrected chi connectivity index (χ2v) is 8.27. The Labute approximate surface area is 195 Å². The Morgan fingerprint density at radius 2 is 2.00 bits per heavy atom. The van der Waals surface area contributed by atoms with E-state index in [1.807, 2.05) is 13.0 Å². The van der Waals surface area contributed by atoms with E-state index in [-0.39, 0.29) is 28.1 Å². The van der Waals surface area contributed by atoms with Crippen molar-refractivity contribution < 1.29 is 14.3 Å². The van der Waals surface area contributed by atoms with Gasteiger partial charge in [0.15, 0.2) is 10.9 Å². The topological polar surface area (TPSA) is 125 Å². The van der Waals surface area contributed by atoms with Crippen LogP contribution in [0.2, 0.25) is 0 Å². The summed E-state index contributed by atoms with van der Waals surface area (Å²) in [6, 6.07) is 15.5. The van der Waals surface area contributed by atoms with Gasteiger partial charge in [-0.1, -0.05) is 43.0 Å². The summed E-state index contributed by atoms with van der Waals surface area (Å²) in [4.78, 5) is 44.1. The lowest BCUT2D eigenvalue weighted by molar-refractivity contribution is -0.115. The van der Waals surface area contributed by atoms with E-state index in [0.717, 1.165) is 11.8 Å². The molecule has 0 aliphatic rings. The summed E-state index contributed by atoms with van der Waals surface area (Å²) in [5.74, 6) is 0.168. The quantitative estimate of drug-likeness (QED) is 0.294. The van der Waals surface area contributed by atoms with Crippen molar-refractivity contribution in [3.8, 4) is 23.1 Å². The van der Waals surface area contributed by atoms with Crippen LogP contribution in [0.5, 0.6) is 5.75 Å². The first-order chi connectivity index (χ1) is 15.9. The lowest BCUT2D eigenvalue weighted by atomic mass is 10.1. The van der Waals surface area contributed by atoms with E-state index < -0.39 is 10.8 Å². The first-order valence-electron chi connectivity index (χ1n) is 10.1. The van der Waals surface area contributed by atoms with Crippen molar-refractivity contribution in [3.05, 3.63) is 70.0 Å². The molecule has 3 rings (SSSR count). The summed E-state index contributed by atoms with van der Waals surface area (Å²) < 4.78 is 5.23. The van der Waals surface area contributed by atoms with Gasteiger partial charge in [-0.15, -0.1) is 0 Å². The number of nitriles is 1. The zero-order chi connectivity index (χ0) is 24.0. The lowest BCUT2D eigenvalue weighted by Gasteiger charge is -2.15. The maximum Gasteiger partial charge on any atom is 0.270 e. The van der Waals surface area contributed by atoms with Crippen molar-refractivity contribution in [1.82, 2.24) is 9.97 Å². The second kappa shape index (κ2) is 10.6. The molecular weight excluding hydrogens is 440 g/mol. The van der Waals surface area contributed by atoms with Gasteiger partial charge in [-0.25, -0.2) is 4.98 Å². The van der Waals surface area contributed by atoms with Crippen LogP contribution in [0.3, 0.4) is 0 Å². The molecule has 0 unspecified atom stereocenters. The smallest absolute Gasteiger partial charge is 0.270 e. The van der Waals surface area contributed by atoms with Gasteiger partial charge in [0.25, 0.3) is 5.56 Å². The molecule has 0 saturated heterocycles. The normalized spacial score (nSPS) is 11.3. The van der Waals surface area contributed by atoms with E-state index in [9.17, 15) is 19.6 Å². The van der Waals surface area contributed by atoms with Crippen molar-refractivity contribution in [1.29, 1.82) is 5.26 Å². The number of amides is 1. The number of Topliss-reactive ketones (excluding diaryl/α,β-unsaturated/α-hetero) is 1. The Bertz CT molecular complexity index is 1300. The van der Waals surface area contributed by atoms with E-state index in [1.54, 1.807) is 48.5 Å². The number of H-pyrrole nitrogens is 1. The number of methoxy groups -OCH3 is 1. The molecule has 0 fully saturated rings. The minimum atomic E-state index is -0.586. The number of carbonyl (C=O) groups excluding carboxylic acids is 2. The highest BCUT2D eigenvalue weighted by molar-refractivity contribution is 8.00. The van der Waals surface area contributed by atoms with Gasteiger partial charge >= 0.3 is 0 Å². The molecule has 0 aliphatic heterocycles. The highest BCUT2D eigenvalue weighted by Gasteiger charge is 2.22. The number of aromatic nitrogens is 2. The van der Waals surface area contributed by atoms with Crippen LogP contribution in [-0.2, 0) is 4.79 Å². The molecule has 3 aromatic rings. The summed E-state index contributed by atoms with van der Waals surface area (Å²) >= 11 is 1.09. The van der Waals surface area contributed by atoms with Crippen molar-refractivity contribution in [2.24, 2.45) is 0 Å². The molecule has 0 bridgehead atoms. The number of hydrogen-bond donors (Lipinski definition) is 2. The fourth-order valence-corrected chi connectivity index (χ4v) is 3.98. The van der Waals surface area contributed by atoms with Gasteiger partial charge in [0.1, 0.15) is 17.4 Å². The minimum Gasteiger partial charge on any atom is -0.497 e. The summed E-state index contributed by atoms with van der Waals surface area (Å²) in [6.45, 7) is 3.30. The summed E-state index contributed by atoms with van der Waals surface area (Å²) in [6.07, 6.45) is 0.459. The highest BCUT2D eigenvalue weighted by Crippen LogP contribution is 2.28. The maximum absolute atomic E-state index is 12.9. The Morgan fingerprint density at radius 1 is 1.24 bits per heavy atom. The molecule has 0 saturated carbocycles. The van der Waals surface area contributed by atoms with Gasteiger partial charge in [-0.2, -0.15) is 5.26 Å². The number of nitrogens with zero attached hydrogens (tertiary/aromatic N) is 2. The summed E-state index contributed by atoms with van der Waals surface area (Å²) in [5.41, 5.74) is 1.06. The third-order valence-corrected chi connectivity index (χ3v) is 6.05. The van der Waals surface area contributed by atoms with Crippen LogP contribution in [0.1, 0.15) is 36.2 Å². The predicted octanol–water partition coefficient (Wildman–Crippen LogP) is 4.03. The number of carbonyl (C=O) groups is 2. The monoisotopic (exact) mass is 462 g/mol. The van der Waals surface area contributed by atoms with E-state index >= 15 is 0 Å². The first kappa shape index (κ1) is 23.8. The van der Waals surface area contributed by atoms with E-state index in [4.69, 9.17) is 4.74 Å². The van der Waals surface area contributed by atoms with Crippen molar-refractivity contribution in [2.75, 3.05) is 12.4 Å². The third-order valence-electron chi connectivity index (χ3n) is 4.81. The number of anilines is 1. The van der Waals surface area contributed by atoms with Gasteiger partial charge in [0.05, 0.1) is 18.1 Å². The lowest BCUT2D eigenvalue weighted by Crippen LogP contribution is -2.25. The largest absolute Gasteiger partial charge is 0.497 e. The standard InChI is InChI=1S/C24H22N4O4S/c1-4-20(23(31)26-17-9-5-7-15(11-17)14(2)29)33-24-27-21(19(13-25)22(30)28-24)16-8-6-10-18(12-16)32-3/h5-12,20H,4H2,1-3H3,(H,26,31)(H,27,28,30)/t20-/m0/s1. The molecule has 8 nitrogen and oxygen atoms in total. The van der Waals surface area contributed by atoms with Crippen LogP contribution in [0, 0.1) is 11.3 Å². The molecule has 2 N–H and O–H groups in total. The Hall–Kier alpha value is -3.90. The van der Waals surface area contributed by atoms with Crippen molar-refractivity contribution in [2.45, 2.75) is 30.7 Å². The van der Waals surface area contributed by atoms with Gasteiger partial charge in [-0.05, 0) is 37.6 Å². The Morgan fingerprint density at radius 3 is 2.67 bits per heavy atom. The molecule has 1 atom stereocenters. The average molecular weight is 463 g/mol. The number of thioether (sulfide) groups is 1. The number of hydrogen-bond acceptors (Lipinski definition) is 7. The van der Waals surface area contributed by atoms with E-state index in [0.29, 0.717) is 29.0 Å². The highest BCUT2D eigenvalue weighted by atomic mass is 32.2. The van der Waals surface area contributed by atoms with E-state index in [1.165, 1.54) is 14.0 Å². The fraction of sp³-hybridized carbons (Fsp3) is 0.208. The molecule has 168 valence electrons. The number of ketones is 1.